The van der Waals surface area contributed by atoms with Crippen LogP contribution < -0.4 is 10.1 Å². The van der Waals surface area contributed by atoms with Gasteiger partial charge < -0.3 is 10.2 Å². The van der Waals surface area contributed by atoms with Crippen LogP contribution in [0.5, 0.6) is 11.5 Å². The van der Waals surface area contributed by atoms with Crippen LogP contribution in [0, 0.1) is 0 Å². The minimum Gasteiger partial charge on any atom is -0.507 e. The van der Waals surface area contributed by atoms with Crippen LogP contribution in [0.1, 0.15) is 45.7 Å². The topological polar surface area (TPSA) is 122 Å². The van der Waals surface area contributed by atoms with E-state index in [1.165, 1.54) is 12.1 Å². The summed E-state index contributed by atoms with van der Waals surface area (Å²) in [5.74, 6) is -2.35. The molecular weight excluding hydrogens is 340 g/mol. The number of phenolic OH excluding ortho intramolecular Hbond substituents is 2. The molecule has 0 spiro atoms. The molecule has 0 saturated heterocycles. The third kappa shape index (κ3) is 2.39. The number of rotatable bonds is 4. The van der Waals surface area contributed by atoms with Gasteiger partial charge in [-0.25, -0.2) is 0 Å². The largest absolute Gasteiger partial charge is 0.507 e. The maximum atomic E-state index is 13.1. The fourth-order valence-corrected chi connectivity index (χ4v) is 3.10. The van der Waals surface area contributed by atoms with Crippen molar-refractivity contribution in [3.8, 4) is 11.5 Å². The normalized spacial score (nSPS) is 12.6. The summed E-state index contributed by atoms with van der Waals surface area (Å²) in [6.45, 7) is 3.58. The minimum absolute atomic E-state index is 0.0718. The summed E-state index contributed by atoms with van der Waals surface area (Å²) in [4.78, 5) is 26.1. The molecule has 3 rings (SSSR count). The zero-order chi connectivity index (χ0) is 19.2. The van der Waals surface area contributed by atoms with Gasteiger partial charge in [-0.1, -0.05) is 0 Å². The Morgan fingerprint density at radius 1 is 0.692 bits per heavy atom. The molecule has 26 heavy (non-hydrogen) atoms. The number of ketones is 2. The molecular formula is C18H18N2O6. The zero-order valence-electron chi connectivity index (χ0n) is 14.2. The minimum atomic E-state index is -0.725. The van der Waals surface area contributed by atoms with Crippen LogP contribution in [0.3, 0.4) is 0 Å². The number of nitrogens with zero attached hydrogens (tertiary/aromatic N) is 2. The van der Waals surface area contributed by atoms with Crippen LogP contribution in [0.4, 0.5) is 11.4 Å². The molecule has 0 aromatic heterocycles. The van der Waals surface area contributed by atoms with Crippen LogP contribution in [0.15, 0.2) is 24.3 Å². The van der Waals surface area contributed by atoms with E-state index >= 15 is 0 Å². The summed E-state index contributed by atoms with van der Waals surface area (Å²) >= 11 is 0. The van der Waals surface area contributed by atoms with Crippen LogP contribution >= 0.6 is 0 Å². The average molecular weight is 358 g/mol. The number of hydroxylamine groups is 2. The Hall–Kier alpha value is -3.10. The summed E-state index contributed by atoms with van der Waals surface area (Å²) < 4.78 is 0. The van der Waals surface area contributed by atoms with Gasteiger partial charge in [0.25, 0.3) is 0 Å². The van der Waals surface area contributed by atoms with E-state index in [1.54, 1.807) is 13.8 Å². The number of carbonyl (C=O) groups is 2. The average Bonchev–Trinajstić information content (AvgIpc) is 2.65. The highest BCUT2D eigenvalue weighted by atomic mass is 16.5. The van der Waals surface area contributed by atoms with Crippen molar-refractivity contribution in [2.45, 2.75) is 13.8 Å². The van der Waals surface area contributed by atoms with Gasteiger partial charge in [0.05, 0.1) is 33.6 Å². The molecule has 8 heteroatoms. The second-order valence-electron chi connectivity index (χ2n) is 5.80. The number of hydrogen-bond donors (Lipinski definition) is 4. The van der Waals surface area contributed by atoms with Gasteiger partial charge in [0.15, 0.2) is 0 Å². The zero-order valence-corrected chi connectivity index (χ0v) is 14.2. The highest BCUT2D eigenvalue weighted by Crippen LogP contribution is 2.43. The van der Waals surface area contributed by atoms with Crippen molar-refractivity contribution in [3.05, 3.63) is 46.5 Å². The summed E-state index contributed by atoms with van der Waals surface area (Å²) in [6.07, 6.45) is 0. The molecule has 0 heterocycles. The first kappa shape index (κ1) is 17.7. The predicted octanol–water partition coefficient (Wildman–Crippen LogP) is 2.30. The lowest BCUT2D eigenvalue weighted by Gasteiger charge is -2.28. The Morgan fingerprint density at radius 3 is 1.35 bits per heavy atom. The highest BCUT2D eigenvalue weighted by Gasteiger charge is 2.39. The predicted molar refractivity (Wildman–Crippen MR) is 92.7 cm³/mol. The molecule has 136 valence electrons. The Morgan fingerprint density at radius 2 is 1.04 bits per heavy atom. The molecule has 1 aliphatic carbocycles. The quantitative estimate of drug-likeness (QED) is 0.414. The van der Waals surface area contributed by atoms with Gasteiger partial charge in [-0.3, -0.25) is 30.1 Å². The smallest absolute Gasteiger partial charge is 0.200 e. The molecule has 0 unspecified atom stereocenters. The lowest BCUT2D eigenvalue weighted by molar-refractivity contribution is 0.0972. The third-order valence-electron chi connectivity index (χ3n) is 4.39. The van der Waals surface area contributed by atoms with Crippen LogP contribution in [0.25, 0.3) is 0 Å². The van der Waals surface area contributed by atoms with Crippen molar-refractivity contribution in [1.82, 2.24) is 0 Å². The Balaban J connectivity index is 2.41. The number of phenols is 2. The van der Waals surface area contributed by atoms with Gasteiger partial charge in [0.1, 0.15) is 11.5 Å². The Kier molecular flexibility index (Phi) is 4.31. The molecule has 2 aromatic rings. The molecule has 0 atom stereocenters. The van der Waals surface area contributed by atoms with Gasteiger partial charge in [0, 0.05) is 13.1 Å². The van der Waals surface area contributed by atoms with Crippen molar-refractivity contribution < 1.29 is 30.2 Å². The third-order valence-corrected chi connectivity index (χ3v) is 4.39. The summed E-state index contributed by atoms with van der Waals surface area (Å²) in [6, 6.07) is 5.06. The van der Waals surface area contributed by atoms with Gasteiger partial charge in [-0.2, -0.15) is 0 Å². The molecule has 0 bridgehead atoms. The fraction of sp³-hybridized carbons (Fsp3) is 0.222. The lowest BCUT2D eigenvalue weighted by atomic mass is 9.81. The van der Waals surface area contributed by atoms with E-state index in [9.17, 15) is 30.2 Å². The number of hydrogen-bond acceptors (Lipinski definition) is 8. The second-order valence-corrected chi connectivity index (χ2v) is 5.80. The maximum Gasteiger partial charge on any atom is 0.200 e. The second kappa shape index (κ2) is 6.32. The van der Waals surface area contributed by atoms with Crippen molar-refractivity contribution in [2.24, 2.45) is 0 Å². The van der Waals surface area contributed by atoms with E-state index in [1.807, 2.05) is 0 Å². The van der Waals surface area contributed by atoms with Gasteiger partial charge in [-0.15, -0.1) is 0 Å². The molecule has 1 aliphatic rings. The Bertz CT molecular complexity index is 850. The molecule has 0 amide bonds. The molecule has 0 fully saturated rings. The molecule has 0 saturated carbocycles. The monoisotopic (exact) mass is 358 g/mol. The molecule has 0 aliphatic heterocycles. The number of aromatic hydroxyl groups is 2. The summed E-state index contributed by atoms with van der Waals surface area (Å²) in [7, 11) is 0. The number of carbonyl (C=O) groups excluding carboxylic acids is 2. The molecule has 0 radical (unpaired) electrons. The van der Waals surface area contributed by atoms with Crippen molar-refractivity contribution in [1.29, 1.82) is 0 Å². The lowest BCUT2D eigenvalue weighted by Crippen LogP contribution is -2.30. The number of benzene rings is 2. The SMILES string of the molecule is CCN(O)c1ccc(N(O)CC)c2c1C(=O)c1c(O)ccc(O)c1C2=O. The van der Waals surface area contributed by atoms with E-state index < -0.39 is 23.1 Å². The first-order valence-corrected chi connectivity index (χ1v) is 8.07. The maximum absolute atomic E-state index is 13.1. The highest BCUT2D eigenvalue weighted by molar-refractivity contribution is 6.33. The van der Waals surface area contributed by atoms with Gasteiger partial charge >= 0.3 is 0 Å². The van der Waals surface area contributed by atoms with Crippen molar-refractivity contribution >= 4 is 22.9 Å². The first-order chi connectivity index (χ1) is 12.3. The van der Waals surface area contributed by atoms with Crippen molar-refractivity contribution in [3.63, 3.8) is 0 Å². The van der Waals surface area contributed by atoms with E-state index in [0.717, 1.165) is 22.3 Å². The van der Waals surface area contributed by atoms with Crippen LogP contribution in [0.2, 0.25) is 0 Å². The van der Waals surface area contributed by atoms with E-state index in [0.29, 0.717) is 0 Å². The number of anilines is 2. The molecule has 8 nitrogen and oxygen atoms in total. The van der Waals surface area contributed by atoms with E-state index in [-0.39, 0.29) is 46.7 Å². The summed E-state index contributed by atoms with van der Waals surface area (Å²) in [5, 5.41) is 42.0. The standard InChI is InChI=1S/C18H18N2O6/c1-3-19(25)9-5-6-10(20(26)4-2)14-13(9)17(23)15-11(21)7-8-12(22)16(15)18(14)24/h5-8,21-22,25-26H,3-4H2,1-2H3. The van der Waals surface area contributed by atoms with Crippen LogP contribution in [-0.4, -0.2) is 45.3 Å². The van der Waals surface area contributed by atoms with Gasteiger partial charge in [-0.05, 0) is 38.1 Å². The fourth-order valence-electron chi connectivity index (χ4n) is 3.10. The van der Waals surface area contributed by atoms with E-state index in [2.05, 4.69) is 0 Å². The van der Waals surface area contributed by atoms with E-state index in [4.69, 9.17) is 0 Å². The first-order valence-electron chi connectivity index (χ1n) is 8.07. The Labute approximate surface area is 149 Å². The number of fused-ring (bicyclic) bond motifs is 2. The van der Waals surface area contributed by atoms with Crippen LogP contribution in [-0.2, 0) is 0 Å². The summed E-state index contributed by atoms with van der Waals surface area (Å²) in [5.41, 5.74) is -0.793. The molecule has 4 N–H and O–H groups in total. The van der Waals surface area contributed by atoms with Gasteiger partial charge in [0.2, 0.25) is 11.6 Å². The molecule has 2 aromatic carbocycles. The van der Waals surface area contributed by atoms with Crippen molar-refractivity contribution in [2.75, 3.05) is 23.2 Å².